The van der Waals surface area contributed by atoms with Gasteiger partial charge in [-0.3, -0.25) is 9.69 Å². The van der Waals surface area contributed by atoms with E-state index in [1.54, 1.807) is 6.92 Å². The summed E-state index contributed by atoms with van der Waals surface area (Å²) in [5.41, 5.74) is 4.22. The van der Waals surface area contributed by atoms with Gasteiger partial charge in [-0.15, -0.1) is 0 Å². The first-order chi connectivity index (χ1) is 17.2. The zero-order valence-electron chi connectivity index (χ0n) is 22.4. The molecule has 1 aromatic heterocycles. The number of carbonyl (C=O) groups excluding carboxylic acids is 2. The Balaban J connectivity index is 1.63. The maximum atomic E-state index is 12.2. The fraction of sp³-hybridized carbons (Fsp3) is 0.556. The van der Waals surface area contributed by atoms with Crippen molar-refractivity contribution in [2.45, 2.75) is 58.9 Å². The molecule has 1 fully saturated rings. The summed E-state index contributed by atoms with van der Waals surface area (Å²) < 4.78 is 0. The van der Waals surface area contributed by atoms with Crippen molar-refractivity contribution in [3.05, 3.63) is 46.6 Å². The average Bonchev–Trinajstić information content (AvgIpc) is 3.23. The third-order valence-electron chi connectivity index (χ3n) is 7.14. The standard InChI is InChI=1S/C27H39N7O2/c1-18(2)34-16-23-25(24(34)17-35)29-27(33-13-11-32(12-14-33)20(4)36)30-26(23)28-19(3)22-9-7-21(8-10-22)15-31(5)6/h7-10,17-19,24H,11-16H2,1-6H3,(H,28,29,30)/t19?,24-/m0/s1. The molecule has 1 aromatic carbocycles. The molecule has 9 heteroatoms. The zero-order valence-corrected chi connectivity index (χ0v) is 22.4. The van der Waals surface area contributed by atoms with Crippen molar-refractivity contribution >= 4 is 24.0 Å². The number of benzene rings is 1. The summed E-state index contributed by atoms with van der Waals surface area (Å²) in [6.45, 7) is 12.1. The predicted molar refractivity (Wildman–Crippen MR) is 142 cm³/mol. The Morgan fingerprint density at radius 3 is 2.33 bits per heavy atom. The molecule has 2 aromatic rings. The van der Waals surface area contributed by atoms with Gasteiger partial charge in [0.15, 0.2) is 0 Å². The van der Waals surface area contributed by atoms with Crippen molar-refractivity contribution in [3.8, 4) is 0 Å². The SMILES string of the molecule is CC(=O)N1CCN(c2nc(NC(C)c3ccc(CN(C)C)cc3)c3c(n2)[C@H](C=O)N(C(C)C)C3)CC1. The summed E-state index contributed by atoms with van der Waals surface area (Å²) in [5, 5.41) is 3.63. The van der Waals surface area contributed by atoms with Gasteiger partial charge >= 0.3 is 0 Å². The van der Waals surface area contributed by atoms with Gasteiger partial charge in [-0.05, 0) is 46.0 Å². The fourth-order valence-electron chi connectivity index (χ4n) is 5.02. The number of anilines is 2. The normalized spacial score (nSPS) is 19.1. The Morgan fingerprint density at radius 2 is 1.78 bits per heavy atom. The van der Waals surface area contributed by atoms with Gasteiger partial charge in [-0.2, -0.15) is 4.98 Å². The van der Waals surface area contributed by atoms with Crippen LogP contribution in [0, 0.1) is 0 Å². The van der Waals surface area contributed by atoms with Crippen LogP contribution in [0.4, 0.5) is 11.8 Å². The fourth-order valence-corrected chi connectivity index (χ4v) is 5.02. The number of piperazine rings is 1. The van der Waals surface area contributed by atoms with Crippen molar-refractivity contribution in [2.24, 2.45) is 0 Å². The van der Waals surface area contributed by atoms with E-state index in [2.05, 4.69) is 79.1 Å². The van der Waals surface area contributed by atoms with Crippen molar-refractivity contribution in [1.82, 2.24) is 24.7 Å². The number of nitrogens with one attached hydrogen (secondary N) is 1. The second kappa shape index (κ2) is 10.9. The van der Waals surface area contributed by atoms with Gasteiger partial charge in [-0.25, -0.2) is 4.98 Å². The second-order valence-corrected chi connectivity index (χ2v) is 10.4. The number of aldehydes is 1. The van der Waals surface area contributed by atoms with Crippen molar-refractivity contribution in [1.29, 1.82) is 0 Å². The minimum atomic E-state index is -0.388. The number of rotatable bonds is 8. The third kappa shape index (κ3) is 5.52. The maximum Gasteiger partial charge on any atom is 0.227 e. The molecule has 2 aliphatic rings. The highest BCUT2D eigenvalue weighted by Crippen LogP contribution is 2.38. The summed E-state index contributed by atoms with van der Waals surface area (Å²) >= 11 is 0. The summed E-state index contributed by atoms with van der Waals surface area (Å²) in [6, 6.07) is 8.50. The highest BCUT2D eigenvalue weighted by molar-refractivity contribution is 5.73. The van der Waals surface area contributed by atoms with E-state index in [4.69, 9.17) is 9.97 Å². The van der Waals surface area contributed by atoms with Crippen LogP contribution in [-0.4, -0.2) is 83.2 Å². The van der Waals surface area contributed by atoms with E-state index >= 15 is 0 Å². The first-order valence-electron chi connectivity index (χ1n) is 12.8. The number of carbonyl (C=O) groups is 2. The lowest BCUT2D eigenvalue weighted by atomic mass is 10.1. The number of aromatic nitrogens is 2. The van der Waals surface area contributed by atoms with Gasteiger partial charge in [-0.1, -0.05) is 24.3 Å². The van der Waals surface area contributed by atoms with Crippen LogP contribution in [-0.2, 0) is 22.7 Å². The molecular weight excluding hydrogens is 454 g/mol. The molecule has 9 nitrogen and oxygen atoms in total. The highest BCUT2D eigenvalue weighted by Gasteiger charge is 2.37. The van der Waals surface area contributed by atoms with E-state index in [1.807, 2.05) is 4.90 Å². The Kier molecular flexibility index (Phi) is 7.90. The van der Waals surface area contributed by atoms with Crippen LogP contribution in [0.2, 0.25) is 0 Å². The molecule has 2 aliphatic heterocycles. The number of hydrogen-bond donors (Lipinski definition) is 1. The molecule has 4 rings (SSSR count). The predicted octanol–water partition coefficient (Wildman–Crippen LogP) is 2.84. The number of nitrogens with zero attached hydrogens (tertiary/aromatic N) is 6. The van der Waals surface area contributed by atoms with E-state index in [0.717, 1.165) is 29.9 Å². The molecule has 3 heterocycles. The molecule has 1 amide bonds. The molecule has 36 heavy (non-hydrogen) atoms. The summed E-state index contributed by atoms with van der Waals surface area (Å²) in [4.78, 5) is 42.1. The maximum absolute atomic E-state index is 12.2. The molecular formula is C27H39N7O2. The largest absolute Gasteiger partial charge is 0.363 e. The summed E-state index contributed by atoms with van der Waals surface area (Å²) in [7, 11) is 4.14. The monoisotopic (exact) mass is 493 g/mol. The molecule has 1 saturated heterocycles. The second-order valence-electron chi connectivity index (χ2n) is 10.4. The van der Waals surface area contributed by atoms with E-state index in [9.17, 15) is 9.59 Å². The number of hydrogen-bond acceptors (Lipinski definition) is 8. The van der Waals surface area contributed by atoms with E-state index < -0.39 is 0 Å². The number of fused-ring (bicyclic) bond motifs is 1. The van der Waals surface area contributed by atoms with Crippen LogP contribution in [0.5, 0.6) is 0 Å². The third-order valence-corrected chi connectivity index (χ3v) is 7.14. The van der Waals surface area contributed by atoms with E-state index in [-0.39, 0.29) is 24.0 Å². The Bertz CT molecular complexity index is 1080. The van der Waals surface area contributed by atoms with Gasteiger partial charge in [0.05, 0.1) is 5.69 Å². The van der Waals surface area contributed by atoms with Crippen LogP contribution < -0.4 is 10.2 Å². The summed E-state index contributed by atoms with van der Waals surface area (Å²) in [6.07, 6.45) is 0.993. The minimum absolute atomic E-state index is 0.0302. The van der Waals surface area contributed by atoms with Crippen LogP contribution in [0.1, 0.15) is 62.2 Å². The van der Waals surface area contributed by atoms with Crippen molar-refractivity contribution in [2.75, 3.05) is 50.5 Å². The van der Waals surface area contributed by atoms with Crippen molar-refractivity contribution in [3.63, 3.8) is 0 Å². The smallest absolute Gasteiger partial charge is 0.227 e. The van der Waals surface area contributed by atoms with E-state index in [1.165, 1.54) is 11.1 Å². The molecule has 1 unspecified atom stereocenters. The molecule has 2 atom stereocenters. The van der Waals surface area contributed by atoms with Gasteiger partial charge < -0.3 is 24.8 Å². The van der Waals surface area contributed by atoms with Gasteiger partial charge in [0.25, 0.3) is 0 Å². The Labute approximate surface area is 214 Å². The molecule has 0 bridgehead atoms. The van der Waals surface area contributed by atoms with Crippen LogP contribution in [0.15, 0.2) is 24.3 Å². The Morgan fingerprint density at radius 1 is 1.11 bits per heavy atom. The van der Waals surface area contributed by atoms with Gasteiger partial charge in [0.2, 0.25) is 11.9 Å². The van der Waals surface area contributed by atoms with Crippen LogP contribution >= 0.6 is 0 Å². The topological polar surface area (TPSA) is 84.9 Å². The molecule has 194 valence electrons. The molecule has 0 radical (unpaired) electrons. The molecule has 0 spiro atoms. The van der Waals surface area contributed by atoms with Gasteiger partial charge in [0.1, 0.15) is 18.1 Å². The first kappa shape index (κ1) is 26.0. The Hall–Kier alpha value is -3.04. The summed E-state index contributed by atoms with van der Waals surface area (Å²) in [5.74, 6) is 1.49. The van der Waals surface area contributed by atoms with Crippen molar-refractivity contribution < 1.29 is 9.59 Å². The number of amides is 1. The first-order valence-corrected chi connectivity index (χ1v) is 12.8. The molecule has 1 N–H and O–H groups in total. The zero-order chi connectivity index (χ0) is 26.0. The van der Waals surface area contributed by atoms with Crippen LogP contribution in [0.25, 0.3) is 0 Å². The lowest BCUT2D eigenvalue weighted by Gasteiger charge is -2.34. The molecule has 0 aliphatic carbocycles. The van der Waals surface area contributed by atoms with Crippen LogP contribution in [0.3, 0.4) is 0 Å². The minimum Gasteiger partial charge on any atom is -0.363 e. The van der Waals surface area contributed by atoms with Gasteiger partial charge in [0, 0.05) is 63.8 Å². The lowest BCUT2D eigenvalue weighted by Crippen LogP contribution is -2.48. The molecule has 0 saturated carbocycles. The lowest BCUT2D eigenvalue weighted by molar-refractivity contribution is -0.129. The van der Waals surface area contributed by atoms with E-state index in [0.29, 0.717) is 38.7 Å². The average molecular weight is 494 g/mol. The quantitative estimate of drug-likeness (QED) is 0.562. The highest BCUT2D eigenvalue weighted by atomic mass is 16.2.